The molecule has 0 spiro atoms. The van der Waals surface area contributed by atoms with Gasteiger partial charge < -0.3 is 4.74 Å². The lowest BCUT2D eigenvalue weighted by molar-refractivity contribution is -0.146. The third kappa shape index (κ3) is 2.81. The summed E-state index contributed by atoms with van der Waals surface area (Å²) in [7, 11) is 1.58. The zero-order chi connectivity index (χ0) is 22.9. The molecular formula is C23H21Cl2N3O4. The monoisotopic (exact) mass is 473 g/mol. The molecule has 3 saturated heterocycles. The fourth-order valence-corrected chi connectivity index (χ4v) is 5.78. The van der Waals surface area contributed by atoms with E-state index in [0.29, 0.717) is 5.75 Å². The Morgan fingerprint density at radius 3 is 2.16 bits per heavy atom. The van der Waals surface area contributed by atoms with Gasteiger partial charge in [-0.2, -0.15) is 0 Å². The molecule has 3 atom stereocenters. The van der Waals surface area contributed by atoms with E-state index in [1.54, 1.807) is 25.3 Å². The van der Waals surface area contributed by atoms with Crippen molar-refractivity contribution in [2.24, 2.45) is 5.92 Å². The van der Waals surface area contributed by atoms with Crippen molar-refractivity contribution < 1.29 is 19.1 Å². The maximum absolute atomic E-state index is 13.8. The van der Waals surface area contributed by atoms with Gasteiger partial charge in [-0.1, -0.05) is 41.4 Å². The normalized spacial score (nSPS) is 26.7. The molecule has 3 fully saturated rings. The van der Waals surface area contributed by atoms with Crippen molar-refractivity contribution in [2.75, 3.05) is 12.0 Å². The summed E-state index contributed by atoms with van der Waals surface area (Å²) in [6, 6.07) is 10.7. The summed E-state index contributed by atoms with van der Waals surface area (Å²) in [5.74, 6) is -1.22. The number of rotatable bonds is 3. The number of fused-ring (bicyclic) bond motifs is 3. The number of amides is 3. The molecule has 166 valence electrons. The molecule has 0 unspecified atom stereocenters. The van der Waals surface area contributed by atoms with Crippen molar-refractivity contribution in [1.29, 1.82) is 0 Å². The van der Waals surface area contributed by atoms with Gasteiger partial charge in [0.2, 0.25) is 11.8 Å². The Labute approximate surface area is 195 Å². The highest BCUT2D eigenvalue weighted by Gasteiger charge is 2.68. The van der Waals surface area contributed by atoms with Gasteiger partial charge in [0.25, 0.3) is 5.91 Å². The first-order valence-electron chi connectivity index (χ1n) is 10.2. The van der Waals surface area contributed by atoms with Crippen LogP contribution in [0.25, 0.3) is 0 Å². The number of hydrazine groups is 1. The van der Waals surface area contributed by atoms with Gasteiger partial charge in [-0.25, -0.2) is 9.91 Å². The summed E-state index contributed by atoms with van der Waals surface area (Å²) < 4.78 is 5.27. The van der Waals surface area contributed by atoms with Crippen molar-refractivity contribution in [3.63, 3.8) is 0 Å². The van der Waals surface area contributed by atoms with Crippen molar-refractivity contribution in [2.45, 2.75) is 37.9 Å². The van der Waals surface area contributed by atoms with Gasteiger partial charge in [-0.3, -0.25) is 19.4 Å². The zero-order valence-electron chi connectivity index (χ0n) is 17.7. The summed E-state index contributed by atoms with van der Waals surface area (Å²) >= 11 is 12.7. The minimum Gasteiger partial charge on any atom is -0.497 e. The number of benzene rings is 2. The van der Waals surface area contributed by atoms with Crippen LogP contribution in [0.5, 0.6) is 5.75 Å². The minimum atomic E-state index is -0.948. The van der Waals surface area contributed by atoms with Crippen LogP contribution in [-0.4, -0.2) is 46.4 Å². The smallest absolute Gasteiger partial charge is 0.259 e. The number of carbonyl (C=O) groups excluding carboxylic acids is 3. The van der Waals surface area contributed by atoms with Crippen LogP contribution in [0.3, 0.4) is 0 Å². The Balaban J connectivity index is 1.67. The molecule has 0 aromatic heterocycles. The average molecular weight is 474 g/mol. The molecule has 0 bridgehead atoms. The second-order valence-electron chi connectivity index (χ2n) is 8.84. The van der Waals surface area contributed by atoms with E-state index in [-0.39, 0.29) is 28.1 Å². The molecule has 3 heterocycles. The van der Waals surface area contributed by atoms with E-state index in [9.17, 15) is 14.4 Å². The van der Waals surface area contributed by atoms with Crippen molar-refractivity contribution in [1.82, 2.24) is 10.0 Å². The molecule has 5 rings (SSSR count). The molecule has 0 aliphatic carbocycles. The number of para-hydroxylation sites is 1. The number of carbonyl (C=O) groups is 3. The van der Waals surface area contributed by atoms with Crippen LogP contribution in [0.1, 0.15) is 31.9 Å². The Hall–Kier alpha value is -2.61. The molecule has 0 radical (unpaired) electrons. The molecule has 2 aromatic rings. The highest BCUT2D eigenvalue weighted by molar-refractivity contribution is 6.42. The maximum atomic E-state index is 13.8. The molecular weight excluding hydrogens is 453 g/mol. The van der Waals surface area contributed by atoms with Gasteiger partial charge in [0.15, 0.2) is 0 Å². The van der Waals surface area contributed by atoms with Crippen LogP contribution >= 0.6 is 23.2 Å². The number of ether oxygens (including phenoxy) is 1. The molecule has 32 heavy (non-hydrogen) atoms. The number of halogens is 2. The van der Waals surface area contributed by atoms with Crippen LogP contribution in [-0.2, 0) is 14.4 Å². The van der Waals surface area contributed by atoms with Gasteiger partial charge in [-0.15, -0.1) is 0 Å². The standard InChI is InChI=1S/C23H21Cl2N3O4/c1-23(2)11-16(29)27-20-17(18(28(23)27)12-7-9-13(32-3)10-8-12)21(30)26(22(20)31)19-14(24)5-4-6-15(19)25/h4-10,17-18,20H,11H2,1-3H3/t17-,18+,20+/m0/s1. The highest BCUT2D eigenvalue weighted by Crippen LogP contribution is 2.54. The van der Waals surface area contributed by atoms with E-state index in [4.69, 9.17) is 27.9 Å². The van der Waals surface area contributed by atoms with E-state index < -0.39 is 35.4 Å². The Morgan fingerprint density at radius 1 is 0.938 bits per heavy atom. The third-order valence-electron chi connectivity index (χ3n) is 6.50. The molecule has 0 saturated carbocycles. The first-order valence-corrected chi connectivity index (χ1v) is 11.0. The predicted molar refractivity (Wildman–Crippen MR) is 119 cm³/mol. The zero-order valence-corrected chi connectivity index (χ0v) is 19.2. The predicted octanol–water partition coefficient (Wildman–Crippen LogP) is 3.84. The van der Waals surface area contributed by atoms with Gasteiger partial charge in [0, 0.05) is 12.0 Å². The molecule has 3 aliphatic heterocycles. The Kier molecular flexibility index (Phi) is 4.78. The van der Waals surface area contributed by atoms with Gasteiger partial charge in [-0.05, 0) is 43.7 Å². The summed E-state index contributed by atoms with van der Waals surface area (Å²) in [5, 5.41) is 3.77. The largest absolute Gasteiger partial charge is 0.497 e. The van der Waals surface area contributed by atoms with Gasteiger partial charge in [0.1, 0.15) is 11.8 Å². The van der Waals surface area contributed by atoms with Crippen molar-refractivity contribution in [3.05, 3.63) is 58.1 Å². The molecule has 0 N–H and O–H groups in total. The van der Waals surface area contributed by atoms with E-state index in [1.165, 1.54) is 5.01 Å². The van der Waals surface area contributed by atoms with Crippen molar-refractivity contribution >= 4 is 46.6 Å². The number of hydrogen-bond acceptors (Lipinski definition) is 5. The topological polar surface area (TPSA) is 70.2 Å². The van der Waals surface area contributed by atoms with Gasteiger partial charge >= 0.3 is 0 Å². The number of nitrogens with zero attached hydrogens (tertiary/aromatic N) is 3. The lowest BCUT2D eigenvalue weighted by Gasteiger charge is -2.38. The van der Waals surface area contributed by atoms with E-state index in [1.807, 2.05) is 43.1 Å². The molecule has 3 amide bonds. The second-order valence-corrected chi connectivity index (χ2v) is 9.66. The molecule has 3 aliphatic rings. The lowest BCUT2D eigenvalue weighted by atomic mass is 9.87. The Bertz CT molecular complexity index is 1130. The molecule has 9 heteroatoms. The summed E-state index contributed by atoms with van der Waals surface area (Å²) in [6.07, 6.45) is 0.247. The third-order valence-corrected chi connectivity index (χ3v) is 7.11. The van der Waals surface area contributed by atoms with E-state index >= 15 is 0 Å². The summed E-state index contributed by atoms with van der Waals surface area (Å²) in [6.45, 7) is 3.89. The lowest BCUT2D eigenvalue weighted by Crippen LogP contribution is -2.50. The second kappa shape index (κ2) is 7.20. The fraction of sp³-hybridized carbons (Fsp3) is 0.348. The Morgan fingerprint density at radius 2 is 1.56 bits per heavy atom. The minimum absolute atomic E-state index is 0.158. The summed E-state index contributed by atoms with van der Waals surface area (Å²) in [5.41, 5.74) is 0.421. The number of methoxy groups -OCH3 is 1. The first-order chi connectivity index (χ1) is 15.2. The maximum Gasteiger partial charge on any atom is 0.259 e. The average Bonchev–Trinajstić information content (AvgIpc) is 3.31. The van der Waals surface area contributed by atoms with Gasteiger partial charge in [0.05, 0.1) is 34.8 Å². The first kappa shape index (κ1) is 21.2. The summed E-state index contributed by atoms with van der Waals surface area (Å²) in [4.78, 5) is 41.5. The highest BCUT2D eigenvalue weighted by atomic mass is 35.5. The quantitative estimate of drug-likeness (QED) is 0.633. The van der Waals surface area contributed by atoms with Crippen molar-refractivity contribution in [3.8, 4) is 5.75 Å². The number of hydrogen-bond donors (Lipinski definition) is 0. The van der Waals surface area contributed by atoms with E-state index in [2.05, 4.69) is 0 Å². The van der Waals surface area contributed by atoms with Crippen LogP contribution in [0.15, 0.2) is 42.5 Å². The van der Waals surface area contributed by atoms with Crippen LogP contribution in [0.4, 0.5) is 5.69 Å². The molecule has 7 nitrogen and oxygen atoms in total. The van der Waals surface area contributed by atoms with Crippen LogP contribution in [0.2, 0.25) is 10.0 Å². The number of imide groups is 1. The number of anilines is 1. The van der Waals surface area contributed by atoms with Crippen LogP contribution in [0, 0.1) is 5.92 Å². The van der Waals surface area contributed by atoms with E-state index in [0.717, 1.165) is 10.5 Å². The fourth-order valence-electron chi connectivity index (χ4n) is 5.21. The molecule has 2 aromatic carbocycles. The SMILES string of the molecule is COc1ccc([C@@H]2[C@@H]3C(=O)N(c4c(Cl)cccc4Cl)C(=O)[C@@H]3N3C(=O)CC(C)(C)N23)cc1. The van der Waals surface area contributed by atoms with Crippen LogP contribution < -0.4 is 9.64 Å².